The van der Waals surface area contributed by atoms with Crippen LogP contribution in [0.2, 0.25) is 5.02 Å². The van der Waals surface area contributed by atoms with Gasteiger partial charge in [-0.05, 0) is 29.7 Å². The highest BCUT2D eigenvalue weighted by atomic mass is 35.5. The van der Waals surface area contributed by atoms with Gasteiger partial charge in [0.15, 0.2) is 5.79 Å². The lowest BCUT2D eigenvalue weighted by molar-refractivity contribution is -0.163. The molecule has 1 aromatic carbocycles. The predicted octanol–water partition coefficient (Wildman–Crippen LogP) is 4.51. The number of benzene rings is 1. The fourth-order valence-corrected chi connectivity index (χ4v) is 6.78. The molecule has 0 N–H and O–H groups in total. The molecule has 1 aliphatic carbocycles. The van der Waals surface area contributed by atoms with Gasteiger partial charge in [0.05, 0.1) is 37.6 Å². The van der Waals surface area contributed by atoms with Crippen LogP contribution in [0.1, 0.15) is 35.4 Å². The van der Waals surface area contributed by atoms with Crippen molar-refractivity contribution in [3.63, 3.8) is 0 Å². The largest absolute Gasteiger partial charge is 0.497 e. The Labute approximate surface area is 205 Å². The minimum atomic E-state index is -0.546. The number of amides is 2. The Hall–Kier alpha value is -2.52. The summed E-state index contributed by atoms with van der Waals surface area (Å²) in [5, 5.41) is 1.50. The number of carbonyl (C=O) groups excluding carboxylic acids is 2. The number of hydrogen-bond donors (Lipinski definition) is 0. The van der Waals surface area contributed by atoms with Gasteiger partial charge < -0.3 is 14.2 Å². The van der Waals surface area contributed by atoms with Gasteiger partial charge in [0.2, 0.25) is 11.8 Å². The first kappa shape index (κ1) is 22.0. The zero-order valence-corrected chi connectivity index (χ0v) is 20.3. The van der Waals surface area contributed by atoms with Crippen LogP contribution in [0.15, 0.2) is 24.3 Å². The van der Waals surface area contributed by atoms with Crippen molar-refractivity contribution in [2.75, 3.05) is 20.3 Å². The number of fused-ring (bicyclic) bond motifs is 3. The van der Waals surface area contributed by atoms with Crippen LogP contribution in [0.3, 0.4) is 0 Å². The predicted molar refractivity (Wildman–Crippen MR) is 128 cm³/mol. The number of pyridine rings is 1. The van der Waals surface area contributed by atoms with Gasteiger partial charge >= 0.3 is 0 Å². The van der Waals surface area contributed by atoms with Crippen LogP contribution < -0.4 is 4.74 Å². The summed E-state index contributed by atoms with van der Waals surface area (Å²) in [6.45, 7) is 1.31. The van der Waals surface area contributed by atoms with E-state index in [1.54, 1.807) is 18.4 Å². The molecule has 4 heterocycles. The summed E-state index contributed by atoms with van der Waals surface area (Å²) in [6.07, 6.45) is 2.74. The molecule has 7 nitrogen and oxygen atoms in total. The Morgan fingerprint density at radius 3 is 2.50 bits per heavy atom. The fourth-order valence-electron chi connectivity index (χ4n) is 5.14. The molecule has 0 unspecified atom stereocenters. The van der Waals surface area contributed by atoms with Crippen LogP contribution in [0.5, 0.6) is 5.75 Å². The molecule has 3 aromatic rings. The molecule has 9 heteroatoms. The summed E-state index contributed by atoms with van der Waals surface area (Å²) in [7, 11) is 1.63. The topological polar surface area (TPSA) is 78.0 Å². The first-order valence-corrected chi connectivity index (χ1v) is 12.6. The summed E-state index contributed by atoms with van der Waals surface area (Å²) < 4.78 is 17.3. The highest BCUT2D eigenvalue weighted by Crippen LogP contribution is 2.47. The molecule has 176 valence electrons. The molecule has 0 atom stereocenters. The molecular weight excluding hydrogens is 476 g/mol. The zero-order chi connectivity index (χ0) is 23.4. The molecular formula is C25H23ClN2O5S. The Morgan fingerprint density at radius 2 is 1.82 bits per heavy atom. The minimum Gasteiger partial charge on any atom is -0.497 e. The van der Waals surface area contributed by atoms with Gasteiger partial charge in [-0.1, -0.05) is 23.7 Å². The van der Waals surface area contributed by atoms with Crippen LogP contribution in [-0.4, -0.2) is 47.8 Å². The lowest BCUT2D eigenvalue weighted by Gasteiger charge is -2.31. The number of imide groups is 1. The van der Waals surface area contributed by atoms with E-state index in [4.69, 9.17) is 30.8 Å². The first-order chi connectivity index (χ1) is 16.5. The molecule has 2 fully saturated rings. The molecule has 34 heavy (non-hydrogen) atoms. The second-order valence-electron chi connectivity index (χ2n) is 8.82. The number of thiophene rings is 1. The number of halogens is 1. The van der Waals surface area contributed by atoms with Crippen molar-refractivity contribution in [1.82, 2.24) is 9.88 Å². The van der Waals surface area contributed by atoms with Crippen LogP contribution in [0.25, 0.3) is 21.3 Å². The normalized spacial score (nSPS) is 19.4. The van der Waals surface area contributed by atoms with Crippen molar-refractivity contribution in [2.45, 2.75) is 44.4 Å². The second-order valence-corrected chi connectivity index (χ2v) is 10.3. The van der Waals surface area contributed by atoms with E-state index in [0.717, 1.165) is 39.9 Å². The molecule has 3 aliphatic rings. The number of rotatable bonds is 4. The molecule has 2 aliphatic heterocycles. The van der Waals surface area contributed by atoms with E-state index in [1.807, 2.05) is 24.3 Å². The van der Waals surface area contributed by atoms with Crippen molar-refractivity contribution in [3.8, 4) is 16.9 Å². The summed E-state index contributed by atoms with van der Waals surface area (Å²) in [5.74, 6) is -0.160. The lowest BCUT2D eigenvalue weighted by atomic mass is 9.89. The minimum absolute atomic E-state index is 0.0777. The van der Waals surface area contributed by atoms with Gasteiger partial charge in [-0.3, -0.25) is 14.5 Å². The van der Waals surface area contributed by atoms with Crippen LogP contribution in [-0.2, 0) is 38.4 Å². The van der Waals surface area contributed by atoms with Crippen LogP contribution in [0, 0.1) is 0 Å². The van der Waals surface area contributed by atoms with E-state index in [0.29, 0.717) is 30.4 Å². The maximum atomic E-state index is 12.3. The second kappa shape index (κ2) is 8.30. The zero-order valence-electron chi connectivity index (χ0n) is 18.7. The molecule has 6 rings (SSSR count). The smallest absolute Gasteiger partial charge is 0.230 e. The molecule has 0 saturated carbocycles. The summed E-state index contributed by atoms with van der Waals surface area (Å²) in [5.41, 5.74) is 3.58. The molecule has 2 aromatic heterocycles. The third-order valence-corrected chi connectivity index (χ3v) is 8.41. The third kappa shape index (κ3) is 3.51. The number of nitrogens with zero attached hydrogens (tertiary/aromatic N) is 2. The van der Waals surface area contributed by atoms with Crippen LogP contribution >= 0.6 is 22.9 Å². The number of methoxy groups -OCH3 is 1. The number of carbonyl (C=O) groups is 2. The highest BCUT2D eigenvalue weighted by Gasteiger charge is 2.42. The third-order valence-electron chi connectivity index (χ3n) is 6.87. The van der Waals surface area contributed by atoms with E-state index in [9.17, 15) is 9.59 Å². The van der Waals surface area contributed by atoms with Gasteiger partial charge in [-0.15, -0.1) is 11.3 Å². The highest BCUT2D eigenvalue weighted by molar-refractivity contribution is 7.19. The number of ether oxygens (including phenoxy) is 3. The van der Waals surface area contributed by atoms with E-state index >= 15 is 0 Å². The van der Waals surface area contributed by atoms with E-state index < -0.39 is 5.79 Å². The Balaban J connectivity index is 1.52. The number of aryl methyl sites for hydroxylation is 1. The van der Waals surface area contributed by atoms with Gasteiger partial charge in [0.25, 0.3) is 0 Å². The van der Waals surface area contributed by atoms with E-state index in [-0.39, 0.29) is 31.2 Å². The molecule has 2 amide bonds. The Bertz CT molecular complexity index is 1300. The van der Waals surface area contributed by atoms with E-state index in [1.165, 1.54) is 15.3 Å². The average Bonchev–Trinajstić information content (AvgIpc) is 3.53. The van der Waals surface area contributed by atoms with E-state index in [2.05, 4.69) is 0 Å². The maximum Gasteiger partial charge on any atom is 0.230 e. The summed E-state index contributed by atoms with van der Waals surface area (Å²) in [6, 6.07) is 7.76. The van der Waals surface area contributed by atoms with Crippen molar-refractivity contribution >= 4 is 45.0 Å². The molecule has 1 spiro atoms. The Morgan fingerprint density at radius 1 is 1.12 bits per heavy atom. The number of likely N-dealkylation sites (tertiary alicyclic amines) is 1. The SMILES string of the molecule is COc1ccc(-c2c(Cl)c(CN3C(=O)CCC3=O)nc3sc4c(c23)CCC2(C4)OCCO2)cc1. The van der Waals surface area contributed by atoms with Gasteiger partial charge in [-0.2, -0.15) is 0 Å². The van der Waals surface area contributed by atoms with Crippen LogP contribution in [0.4, 0.5) is 0 Å². The molecule has 0 radical (unpaired) electrons. The monoisotopic (exact) mass is 498 g/mol. The summed E-state index contributed by atoms with van der Waals surface area (Å²) >= 11 is 8.62. The standard InChI is InChI=1S/C25H23ClN2O5S/c1-31-15-4-2-14(3-5-15)21-22-16-8-9-25(32-10-11-33-25)12-18(16)34-24(22)27-17(23(21)26)13-28-19(29)6-7-20(28)30/h2-5H,6-13H2,1H3. The summed E-state index contributed by atoms with van der Waals surface area (Å²) in [4.78, 5) is 32.8. The fraction of sp³-hybridized carbons (Fsp3) is 0.400. The Kier molecular flexibility index (Phi) is 5.37. The first-order valence-electron chi connectivity index (χ1n) is 11.4. The maximum absolute atomic E-state index is 12.3. The van der Waals surface area contributed by atoms with Crippen molar-refractivity contribution in [1.29, 1.82) is 0 Å². The number of aromatic nitrogens is 1. The average molecular weight is 499 g/mol. The number of hydrogen-bond acceptors (Lipinski definition) is 7. The van der Waals surface area contributed by atoms with Crippen molar-refractivity contribution < 1.29 is 23.8 Å². The van der Waals surface area contributed by atoms with Gasteiger partial charge in [0, 0.05) is 41.5 Å². The van der Waals surface area contributed by atoms with Gasteiger partial charge in [0.1, 0.15) is 10.6 Å². The lowest BCUT2D eigenvalue weighted by Crippen LogP contribution is -2.36. The van der Waals surface area contributed by atoms with Crippen molar-refractivity contribution in [3.05, 3.63) is 45.4 Å². The quantitative estimate of drug-likeness (QED) is 0.493. The van der Waals surface area contributed by atoms with Gasteiger partial charge in [-0.25, -0.2) is 4.98 Å². The van der Waals surface area contributed by atoms with Crippen molar-refractivity contribution in [2.24, 2.45) is 0 Å². The molecule has 2 saturated heterocycles. The molecule has 0 bridgehead atoms.